The molecule has 0 amide bonds. The Morgan fingerprint density at radius 1 is 1.38 bits per heavy atom. The SMILES string of the molecule is CCNC(=NCC1CC1)NCCS(C)(=O)=O. The summed E-state index contributed by atoms with van der Waals surface area (Å²) >= 11 is 0. The van der Waals surface area contributed by atoms with Gasteiger partial charge in [-0.15, -0.1) is 0 Å². The highest BCUT2D eigenvalue weighted by atomic mass is 32.2. The van der Waals surface area contributed by atoms with E-state index in [0.29, 0.717) is 6.54 Å². The van der Waals surface area contributed by atoms with E-state index in [1.807, 2.05) is 6.92 Å². The van der Waals surface area contributed by atoms with Gasteiger partial charge in [-0.25, -0.2) is 8.42 Å². The Labute approximate surface area is 97.6 Å². The topological polar surface area (TPSA) is 70.6 Å². The largest absolute Gasteiger partial charge is 0.357 e. The lowest BCUT2D eigenvalue weighted by molar-refractivity contribution is 0.600. The third kappa shape index (κ3) is 6.66. The first-order chi connectivity index (χ1) is 7.51. The van der Waals surface area contributed by atoms with Crippen LogP contribution in [0.3, 0.4) is 0 Å². The first-order valence-corrected chi connectivity index (χ1v) is 7.77. The monoisotopic (exact) mass is 247 g/mol. The molecule has 1 rings (SSSR count). The van der Waals surface area contributed by atoms with Crippen LogP contribution < -0.4 is 10.6 Å². The lowest BCUT2D eigenvalue weighted by Gasteiger charge is -2.10. The van der Waals surface area contributed by atoms with Gasteiger partial charge in [0.05, 0.1) is 5.75 Å². The van der Waals surface area contributed by atoms with E-state index in [0.717, 1.165) is 25.0 Å². The van der Waals surface area contributed by atoms with Crippen LogP contribution in [-0.2, 0) is 9.84 Å². The van der Waals surface area contributed by atoms with Crippen molar-refractivity contribution in [3.05, 3.63) is 0 Å². The van der Waals surface area contributed by atoms with Crippen molar-refractivity contribution in [3.63, 3.8) is 0 Å². The van der Waals surface area contributed by atoms with E-state index in [2.05, 4.69) is 15.6 Å². The normalized spacial score (nSPS) is 17.2. The summed E-state index contributed by atoms with van der Waals surface area (Å²) in [5, 5.41) is 6.12. The van der Waals surface area contributed by atoms with E-state index in [9.17, 15) is 8.42 Å². The van der Waals surface area contributed by atoms with E-state index < -0.39 is 9.84 Å². The first-order valence-electron chi connectivity index (χ1n) is 5.71. The maximum Gasteiger partial charge on any atom is 0.191 e. The summed E-state index contributed by atoms with van der Waals surface area (Å²) in [6, 6.07) is 0. The number of guanidine groups is 1. The van der Waals surface area contributed by atoms with Crippen LogP contribution in [0.4, 0.5) is 0 Å². The van der Waals surface area contributed by atoms with Gasteiger partial charge in [-0.05, 0) is 25.7 Å². The fraction of sp³-hybridized carbons (Fsp3) is 0.900. The summed E-state index contributed by atoms with van der Waals surface area (Å²) in [5.41, 5.74) is 0. The Balaban J connectivity index is 2.28. The van der Waals surface area contributed by atoms with Gasteiger partial charge >= 0.3 is 0 Å². The van der Waals surface area contributed by atoms with Gasteiger partial charge in [0.1, 0.15) is 9.84 Å². The van der Waals surface area contributed by atoms with Gasteiger partial charge in [-0.2, -0.15) is 0 Å². The first kappa shape index (κ1) is 13.3. The quantitative estimate of drug-likeness (QED) is 0.512. The molecular formula is C10H21N3O2S. The van der Waals surface area contributed by atoms with Crippen molar-refractivity contribution in [1.29, 1.82) is 0 Å². The fourth-order valence-corrected chi connectivity index (χ4v) is 1.69. The molecule has 0 bridgehead atoms. The van der Waals surface area contributed by atoms with Crippen molar-refractivity contribution >= 4 is 15.8 Å². The van der Waals surface area contributed by atoms with Crippen LogP contribution in [0.25, 0.3) is 0 Å². The van der Waals surface area contributed by atoms with Crippen molar-refractivity contribution in [2.24, 2.45) is 10.9 Å². The van der Waals surface area contributed by atoms with Gasteiger partial charge in [0.2, 0.25) is 0 Å². The van der Waals surface area contributed by atoms with E-state index >= 15 is 0 Å². The van der Waals surface area contributed by atoms with Crippen LogP contribution in [0.15, 0.2) is 4.99 Å². The Morgan fingerprint density at radius 2 is 2.06 bits per heavy atom. The molecule has 0 aliphatic heterocycles. The minimum absolute atomic E-state index is 0.140. The highest BCUT2D eigenvalue weighted by Gasteiger charge is 2.20. The lowest BCUT2D eigenvalue weighted by atomic mass is 10.4. The lowest BCUT2D eigenvalue weighted by Crippen LogP contribution is -2.39. The molecular weight excluding hydrogens is 226 g/mol. The average molecular weight is 247 g/mol. The molecule has 5 nitrogen and oxygen atoms in total. The van der Waals surface area contributed by atoms with Gasteiger partial charge in [0.15, 0.2) is 5.96 Å². The molecule has 2 N–H and O–H groups in total. The number of hydrogen-bond donors (Lipinski definition) is 2. The molecule has 0 radical (unpaired) electrons. The second kappa shape index (κ2) is 6.08. The Kier molecular flexibility index (Phi) is 5.05. The van der Waals surface area contributed by atoms with Crippen LogP contribution in [0.5, 0.6) is 0 Å². The molecule has 0 aromatic rings. The third-order valence-corrected chi connectivity index (χ3v) is 3.26. The molecule has 0 atom stereocenters. The van der Waals surface area contributed by atoms with Crippen molar-refractivity contribution in [3.8, 4) is 0 Å². The number of hydrogen-bond acceptors (Lipinski definition) is 3. The molecule has 1 saturated carbocycles. The maximum absolute atomic E-state index is 10.9. The smallest absolute Gasteiger partial charge is 0.191 e. The molecule has 94 valence electrons. The van der Waals surface area contributed by atoms with E-state index in [4.69, 9.17) is 0 Å². The van der Waals surface area contributed by atoms with Crippen molar-refractivity contribution in [1.82, 2.24) is 10.6 Å². The highest BCUT2D eigenvalue weighted by Crippen LogP contribution is 2.28. The van der Waals surface area contributed by atoms with Crippen LogP contribution in [0.1, 0.15) is 19.8 Å². The maximum atomic E-state index is 10.9. The van der Waals surface area contributed by atoms with Crippen molar-refractivity contribution in [2.75, 3.05) is 31.6 Å². The fourth-order valence-electron chi connectivity index (χ4n) is 1.22. The van der Waals surface area contributed by atoms with E-state index in [1.54, 1.807) is 0 Å². The van der Waals surface area contributed by atoms with Crippen LogP contribution in [0, 0.1) is 5.92 Å². The molecule has 0 heterocycles. The number of aliphatic imine (C=N–C) groups is 1. The Hall–Kier alpha value is -0.780. The summed E-state index contributed by atoms with van der Waals surface area (Å²) in [6.07, 6.45) is 3.78. The molecule has 1 aliphatic rings. The molecule has 0 spiro atoms. The second-order valence-electron chi connectivity index (χ2n) is 4.22. The second-order valence-corrected chi connectivity index (χ2v) is 6.48. The average Bonchev–Trinajstić information content (AvgIpc) is 2.95. The molecule has 1 aliphatic carbocycles. The van der Waals surface area contributed by atoms with Crippen LogP contribution in [-0.4, -0.2) is 46.0 Å². The minimum Gasteiger partial charge on any atom is -0.357 e. The summed E-state index contributed by atoms with van der Waals surface area (Å²) < 4.78 is 21.9. The minimum atomic E-state index is -2.90. The Bertz CT molecular complexity index is 334. The number of rotatable bonds is 6. The van der Waals surface area contributed by atoms with Gasteiger partial charge in [0, 0.05) is 25.9 Å². The standard InChI is InChI=1S/C10H21N3O2S/c1-3-11-10(13-8-9-4-5-9)12-6-7-16(2,14)15/h9H,3-8H2,1-2H3,(H2,11,12,13). The molecule has 0 aromatic carbocycles. The molecule has 0 unspecified atom stereocenters. The summed E-state index contributed by atoms with van der Waals surface area (Å²) in [5.74, 6) is 1.60. The van der Waals surface area contributed by atoms with Gasteiger partial charge in [0.25, 0.3) is 0 Å². The van der Waals surface area contributed by atoms with Gasteiger partial charge in [-0.1, -0.05) is 0 Å². The molecule has 1 fully saturated rings. The predicted molar refractivity (Wildman–Crippen MR) is 66.4 cm³/mol. The summed E-state index contributed by atoms with van der Waals surface area (Å²) in [4.78, 5) is 4.39. The predicted octanol–water partition coefficient (Wildman–Crippen LogP) is -0.00390. The zero-order chi connectivity index (χ0) is 12.0. The van der Waals surface area contributed by atoms with Gasteiger partial charge < -0.3 is 10.6 Å². The van der Waals surface area contributed by atoms with E-state index in [-0.39, 0.29) is 5.75 Å². The van der Waals surface area contributed by atoms with Crippen molar-refractivity contribution < 1.29 is 8.42 Å². The summed E-state index contributed by atoms with van der Waals surface area (Å²) in [6.45, 7) is 4.03. The third-order valence-electron chi connectivity index (χ3n) is 2.31. The van der Waals surface area contributed by atoms with Crippen LogP contribution >= 0.6 is 0 Å². The molecule has 16 heavy (non-hydrogen) atoms. The zero-order valence-electron chi connectivity index (χ0n) is 9.99. The number of nitrogens with one attached hydrogen (secondary N) is 2. The summed E-state index contributed by atoms with van der Waals surface area (Å²) in [7, 11) is -2.90. The molecule has 6 heteroatoms. The number of nitrogens with zero attached hydrogens (tertiary/aromatic N) is 1. The van der Waals surface area contributed by atoms with Crippen molar-refractivity contribution in [2.45, 2.75) is 19.8 Å². The van der Waals surface area contributed by atoms with Crippen LogP contribution in [0.2, 0.25) is 0 Å². The van der Waals surface area contributed by atoms with E-state index in [1.165, 1.54) is 19.1 Å². The zero-order valence-corrected chi connectivity index (χ0v) is 10.8. The highest BCUT2D eigenvalue weighted by molar-refractivity contribution is 7.90. The number of sulfone groups is 1. The van der Waals surface area contributed by atoms with Gasteiger partial charge in [-0.3, -0.25) is 4.99 Å². The Morgan fingerprint density at radius 3 is 2.56 bits per heavy atom. The molecule has 0 saturated heterocycles. The molecule has 0 aromatic heterocycles.